The Labute approximate surface area is 117 Å². The molecule has 54 valence electrons. The minimum atomic E-state index is -4.98. The van der Waals surface area contributed by atoms with Crippen LogP contribution in [0.5, 0.6) is 0 Å². The normalized spacial score (nSPS) is 10.4. The Morgan fingerprint density at radius 3 is 0.636 bits per heavy atom. The van der Waals surface area contributed by atoms with Gasteiger partial charge < -0.3 is 42.6 Å². The standard InChI is InChI=1S/C2O6.2In.Sn/c3-1(4,5)2(6,7)8;;;/q-6;2*+3;. The zero-order chi connectivity index (χ0) is 7.00. The molecule has 0 amide bonds. The summed E-state index contributed by atoms with van der Waals surface area (Å²) in [5.41, 5.74) is 0. The van der Waals surface area contributed by atoms with Crippen molar-refractivity contribution in [3.8, 4) is 0 Å². The summed E-state index contributed by atoms with van der Waals surface area (Å²) in [7, 11) is 0. The van der Waals surface area contributed by atoms with Crippen LogP contribution < -0.4 is 30.6 Å². The van der Waals surface area contributed by atoms with Gasteiger partial charge in [-0.1, -0.05) is 0 Å². The van der Waals surface area contributed by atoms with Gasteiger partial charge in [0.2, 0.25) is 0 Å². The Morgan fingerprint density at radius 1 is 0.545 bits per heavy atom. The van der Waals surface area contributed by atoms with Crippen LogP contribution in [0.15, 0.2) is 0 Å². The van der Waals surface area contributed by atoms with Gasteiger partial charge in [-0.05, 0) is 0 Å². The summed E-state index contributed by atoms with van der Waals surface area (Å²) in [6.07, 6.45) is 0. The van der Waals surface area contributed by atoms with E-state index in [4.69, 9.17) is 30.6 Å². The van der Waals surface area contributed by atoms with Crippen LogP contribution >= 0.6 is 0 Å². The predicted molar refractivity (Wildman–Crippen MR) is 22.7 cm³/mol. The maximum Gasteiger partial charge on any atom is 3.00 e. The van der Waals surface area contributed by atoms with Gasteiger partial charge in [0.1, 0.15) is 0 Å². The second kappa shape index (κ2) is 7.68. The zero-order valence-corrected chi connectivity index (χ0v) is 14.5. The van der Waals surface area contributed by atoms with E-state index in [1.807, 2.05) is 0 Å². The summed E-state index contributed by atoms with van der Waals surface area (Å²) in [6.45, 7) is 0. The van der Waals surface area contributed by atoms with Crippen LogP contribution in [-0.4, -0.2) is 87.5 Å². The second-order valence-corrected chi connectivity index (χ2v) is 1.11. The van der Waals surface area contributed by atoms with Crippen molar-refractivity contribution in [2.24, 2.45) is 0 Å². The molecular weight excluding hydrogens is 468 g/mol. The molecule has 0 rings (SSSR count). The fraction of sp³-hybridized carbons (Fsp3) is 1.00. The largest absolute Gasteiger partial charge is 3.00 e. The Kier molecular flexibility index (Phi) is 16.2. The first-order chi connectivity index (χ1) is 3.25. The summed E-state index contributed by atoms with van der Waals surface area (Å²) in [4.78, 5) is 0. The summed E-state index contributed by atoms with van der Waals surface area (Å²) in [5, 5.41) is 54.5. The molecule has 9 heteroatoms. The maximum absolute atomic E-state index is 9.08. The van der Waals surface area contributed by atoms with E-state index in [0.29, 0.717) is 0 Å². The summed E-state index contributed by atoms with van der Waals surface area (Å²) < 4.78 is 0. The molecule has 0 aromatic heterocycles. The first kappa shape index (κ1) is 23.3. The number of hydrogen-bond donors (Lipinski definition) is 0. The van der Waals surface area contributed by atoms with Crippen molar-refractivity contribution >= 4 is 75.6 Å². The molecule has 0 N–H and O–H groups in total. The Morgan fingerprint density at radius 2 is 0.636 bits per heavy atom. The fourth-order valence-corrected chi connectivity index (χ4v) is 0. The van der Waals surface area contributed by atoms with Crippen molar-refractivity contribution < 1.29 is 30.6 Å². The molecule has 4 radical (unpaired) electrons. The molecular formula is C2In2O6Sn. The Bertz CT molecular complexity index is 73.6. The molecule has 0 spiro atoms. The van der Waals surface area contributed by atoms with Crippen molar-refractivity contribution in [3.05, 3.63) is 0 Å². The minimum Gasteiger partial charge on any atom is -0.879 e. The molecule has 0 aromatic carbocycles. The topological polar surface area (TPSA) is 138 Å². The molecule has 0 atom stereocenters. The van der Waals surface area contributed by atoms with Gasteiger partial charge in [-0.25, -0.2) is 0 Å². The van der Waals surface area contributed by atoms with Crippen LogP contribution in [0.3, 0.4) is 0 Å². The van der Waals surface area contributed by atoms with Gasteiger partial charge >= 0.3 is 51.7 Å². The molecule has 0 aliphatic heterocycles. The van der Waals surface area contributed by atoms with Crippen LogP contribution in [0.4, 0.5) is 0 Å². The van der Waals surface area contributed by atoms with Gasteiger partial charge in [0.05, 0.1) is 0 Å². The third-order valence-corrected chi connectivity index (χ3v) is 0.375. The van der Waals surface area contributed by atoms with Crippen LogP contribution in [0, 0.1) is 0 Å². The quantitative estimate of drug-likeness (QED) is 0.277. The smallest absolute Gasteiger partial charge is 0.879 e. The molecule has 0 fully saturated rings. The zero-order valence-electron chi connectivity index (χ0n) is 5.10. The van der Waals surface area contributed by atoms with E-state index in [-0.39, 0.29) is 75.6 Å². The van der Waals surface area contributed by atoms with E-state index in [1.54, 1.807) is 0 Å². The van der Waals surface area contributed by atoms with E-state index in [1.165, 1.54) is 0 Å². The van der Waals surface area contributed by atoms with E-state index >= 15 is 0 Å². The molecule has 0 saturated heterocycles. The third-order valence-electron chi connectivity index (χ3n) is 0.375. The molecule has 0 saturated carbocycles. The average molecular weight is 468 g/mol. The fourth-order valence-electron chi connectivity index (χ4n) is 0. The molecule has 0 aliphatic rings. The molecule has 0 heterocycles. The van der Waals surface area contributed by atoms with Crippen molar-refractivity contribution in [1.82, 2.24) is 0 Å². The molecule has 0 aliphatic carbocycles. The van der Waals surface area contributed by atoms with Crippen molar-refractivity contribution in [2.45, 2.75) is 11.9 Å². The number of rotatable bonds is 1. The van der Waals surface area contributed by atoms with Gasteiger partial charge in [0.15, 0.2) is 0 Å². The van der Waals surface area contributed by atoms with Crippen LogP contribution in [0.25, 0.3) is 0 Å². The van der Waals surface area contributed by atoms with E-state index in [0.717, 1.165) is 0 Å². The van der Waals surface area contributed by atoms with Gasteiger partial charge in [-0.2, -0.15) is 0 Å². The van der Waals surface area contributed by atoms with Gasteiger partial charge in [0.25, 0.3) is 0 Å². The Hall–Kier alpha value is 2.30. The molecule has 0 bridgehead atoms. The van der Waals surface area contributed by atoms with Crippen LogP contribution in [-0.2, 0) is 0 Å². The van der Waals surface area contributed by atoms with Crippen molar-refractivity contribution in [1.29, 1.82) is 0 Å². The second-order valence-electron chi connectivity index (χ2n) is 1.11. The van der Waals surface area contributed by atoms with Crippen LogP contribution in [0.1, 0.15) is 0 Å². The van der Waals surface area contributed by atoms with Gasteiger partial charge in [0, 0.05) is 23.9 Å². The van der Waals surface area contributed by atoms with Crippen LogP contribution in [0.2, 0.25) is 0 Å². The van der Waals surface area contributed by atoms with Gasteiger partial charge in [-0.15, -0.1) is 0 Å². The van der Waals surface area contributed by atoms with E-state index in [9.17, 15) is 0 Å². The predicted octanol–water partition coefficient (Wildman–Crippen LogP) is -8.69. The van der Waals surface area contributed by atoms with Crippen molar-refractivity contribution in [2.75, 3.05) is 0 Å². The minimum absolute atomic E-state index is 0. The Balaban J connectivity index is -0.0000000817. The maximum atomic E-state index is 9.08. The molecule has 11 heavy (non-hydrogen) atoms. The van der Waals surface area contributed by atoms with E-state index < -0.39 is 11.9 Å². The monoisotopic (exact) mass is 470 g/mol. The van der Waals surface area contributed by atoms with Gasteiger partial charge in [-0.3, -0.25) is 0 Å². The molecule has 0 unspecified atom stereocenters. The average Bonchev–Trinajstić information content (AvgIpc) is 1.25. The summed E-state index contributed by atoms with van der Waals surface area (Å²) in [6, 6.07) is 0. The first-order valence-corrected chi connectivity index (χ1v) is 1.47. The van der Waals surface area contributed by atoms with E-state index in [2.05, 4.69) is 0 Å². The first-order valence-electron chi connectivity index (χ1n) is 1.47. The molecule has 6 nitrogen and oxygen atoms in total. The van der Waals surface area contributed by atoms with Crippen molar-refractivity contribution in [3.63, 3.8) is 0 Å². The molecule has 0 aromatic rings. The number of hydrogen-bond acceptors (Lipinski definition) is 6. The summed E-state index contributed by atoms with van der Waals surface area (Å²) in [5.74, 6) is -9.96. The third kappa shape index (κ3) is 10.2. The summed E-state index contributed by atoms with van der Waals surface area (Å²) >= 11 is 0. The SMILES string of the molecule is [In+3].[In+3].[O-]C([O-])([O-])C([O-])([O-])[O-].[Sn].